The summed E-state index contributed by atoms with van der Waals surface area (Å²) in [5.74, 6) is 0. The third-order valence-electron chi connectivity index (χ3n) is 2.79. The molecule has 2 N–H and O–H groups in total. The van der Waals surface area contributed by atoms with Gasteiger partial charge in [-0.1, -0.05) is 13.0 Å². The topological polar surface area (TPSA) is 43.8 Å². The fourth-order valence-corrected chi connectivity index (χ4v) is 2.33. The van der Waals surface area contributed by atoms with Crippen LogP contribution in [0.1, 0.15) is 18.9 Å². The van der Waals surface area contributed by atoms with Crippen molar-refractivity contribution in [1.82, 2.24) is 9.78 Å². The number of rotatable bonds is 4. The Bertz CT molecular complexity index is 479. The molecule has 0 aliphatic heterocycles. The molecule has 0 amide bonds. The third kappa shape index (κ3) is 2.96. The molecule has 1 unspecified atom stereocenters. The Hall–Kier alpha value is -1.13. The molecule has 4 heteroatoms. The molecule has 90 valence electrons. The summed E-state index contributed by atoms with van der Waals surface area (Å²) in [7, 11) is 0. The second kappa shape index (κ2) is 5.47. The number of hydrogen-bond donors (Lipinski definition) is 1. The van der Waals surface area contributed by atoms with Gasteiger partial charge in [0.2, 0.25) is 0 Å². The molecule has 0 saturated heterocycles. The van der Waals surface area contributed by atoms with E-state index in [4.69, 9.17) is 5.73 Å². The van der Waals surface area contributed by atoms with Crippen LogP contribution in [-0.4, -0.2) is 15.8 Å². The molecule has 0 bridgehead atoms. The molecular formula is C13H16BrN3. The summed E-state index contributed by atoms with van der Waals surface area (Å²) in [5.41, 5.74) is 8.25. The van der Waals surface area contributed by atoms with Gasteiger partial charge in [-0.2, -0.15) is 5.10 Å². The lowest BCUT2D eigenvalue weighted by atomic mass is 10.0. The maximum absolute atomic E-state index is 5.95. The highest BCUT2D eigenvalue weighted by molar-refractivity contribution is 9.10. The Balaban J connectivity index is 2.23. The molecule has 0 saturated carbocycles. The minimum Gasteiger partial charge on any atom is -0.327 e. The molecule has 1 aromatic heterocycles. The van der Waals surface area contributed by atoms with Gasteiger partial charge in [0.1, 0.15) is 0 Å². The van der Waals surface area contributed by atoms with Crippen molar-refractivity contribution in [2.24, 2.45) is 5.73 Å². The highest BCUT2D eigenvalue weighted by atomic mass is 79.9. The molecule has 0 aliphatic carbocycles. The lowest BCUT2D eigenvalue weighted by Gasteiger charge is -2.11. The van der Waals surface area contributed by atoms with Crippen molar-refractivity contribution in [2.75, 3.05) is 0 Å². The first kappa shape index (κ1) is 12.3. The lowest BCUT2D eigenvalue weighted by molar-refractivity contribution is 0.646. The van der Waals surface area contributed by atoms with Crippen molar-refractivity contribution >= 4 is 15.9 Å². The van der Waals surface area contributed by atoms with E-state index in [0.717, 1.165) is 23.0 Å². The van der Waals surface area contributed by atoms with E-state index in [2.05, 4.69) is 46.2 Å². The van der Waals surface area contributed by atoms with Crippen molar-refractivity contribution in [3.8, 4) is 5.69 Å². The van der Waals surface area contributed by atoms with Gasteiger partial charge in [0.05, 0.1) is 5.69 Å². The average molecular weight is 294 g/mol. The third-order valence-corrected chi connectivity index (χ3v) is 3.42. The first-order chi connectivity index (χ1) is 8.20. The van der Waals surface area contributed by atoms with Gasteiger partial charge in [-0.25, -0.2) is 4.68 Å². The number of nitrogens with zero attached hydrogens (tertiary/aromatic N) is 2. The van der Waals surface area contributed by atoms with E-state index in [1.807, 2.05) is 16.9 Å². The van der Waals surface area contributed by atoms with Crippen molar-refractivity contribution in [1.29, 1.82) is 0 Å². The second-order valence-corrected chi connectivity index (χ2v) is 4.96. The predicted octanol–water partition coefficient (Wildman–Crippen LogP) is 2.91. The molecule has 3 nitrogen and oxygen atoms in total. The first-order valence-electron chi connectivity index (χ1n) is 5.74. The highest BCUT2D eigenvalue weighted by Gasteiger charge is 2.06. The SMILES string of the molecule is CCC(N)Cc1ccc(-n2cccn2)c(Br)c1. The molecule has 0 radical (unpaired) electrons. The summed E-state index contributed by atoms with van der Waals surface area (Å²) in [6.07, 6.45) is 5.61. The largest absolute Gasteiger partial charge is 0.327 e. The Labute approximate surface area is 110 Å². The molecule has 0 aliphatic rings. The van der Waals surface area contributed by atoms with Crippen LogP contribution in [0.25, 0.3) is 5.69 Å². The number of hydrogen-bond acceptors (Lipinski definition) is 2. The smallest absolute Gasteiger partial charge is 0.0787 e. The highest BCUT2D eigenvalue weighted by Crippen LogP contribution is 2.22. The summed E-state index contributed by atoms with van der Waals surface area (Å²) in [6, 6.07) is 8.43. The van der Waals surface area contributed by atoms with E-state index >= 15 is 0 Å². The molecule has 17 heavy (non-hydrogen) atoms. The van der Waals surface area contributed by atoms with Gasteiger partial charge in [-0.3, -0.25) is 0 Å². The van der Waals surface area contributed by atoms with Gasteiger partial charge < -0.3 is 5.73 Å². The van der Waals surface area contributed by atoms with Crippen LogP contribution in [-0.2, 0) is 6.42 Å². The molecular weight excluding hydrogens is 278 g/mol. The zero-order valence-corrected chi connectivity index (χ0v) is 11.4. The van der Waals surface area contributed by atoms with Crippen LogP contribution in [0.2, 0.25) is 0 Å². The second-order valence-electron chi connectivity index (χ2n) is 4.11. The van der Waals surface area contributed by atoms with E-state index in [0.29, 0.717) is 0 Å². The molecule has 2 aromatic rings. The normalized spacial score (nSPS) is 12.6. The van der Waals surface area contributed by atoms with Crippen molar-refractivity contribution < 1.29 is 0 Å². The number of benzene rings is 1. The molecule has 2 rings (SSSR count). The van der Waals surface area contributed by atoms with Crippen LogP contribution in [0.5, 0.6) is 0 Å². The monoisotopic (exact) mass is 293 g/mol. The van der Waals surface area contributed by atoms with Gasteiger partial charge in [-0.05, 0) is 52.5 Å². The Kier molecular flexibility index (Phi) is 3.97. The van der Waals surface area contributed by atoms with E-state index in [1.165, 1.54) is 5.56 Å². The number of nitrogens with two attached hydrogens (primary N) is 1. The van der Waals surface area contributed by atoms with E-state index in [-0.39, 0.29) is 6.04 Å². The van der Waals surface area contributed by atoms with Gasteiger partial charge in [0.25, 0.3) is 0 Å². The zero-order chi connectivity index (χ0) is 12.3. The summed E-state index contributed by atoms with van der Waals surface area (Å²) in [4.78, 5) is 0. The molecule has 0 fully saturated rings. The maximum Gasteiger partial charge on any atom is 0.0787 e. The zero-order valence-electron chi connectivity index (χ0n) is 9.81. The van der Waals surface area contributed by atoms with Crippen LogP contribution in [0, 0.1) is 0 Å². The molecule has 1 heterocycles. The van der Waals surface area contributed by atoms with Crippen LogP contribution < -0.4 is 5.73 Å². The predicted molar refractivity (Wildman–Crippen MR) is 73.2 cm³/mol. The van der Waals surface area contributed by atoms with Crippen molar-refractivity contribution in [2.45, 2.75) is 25.8 Å². The number of halogens is 1. The van der Waals surface area contributed by atoms with Gasteiger partial charge in [0, 0.05) is 22.9 Å². The Morgan fingerprint density at radius 1 is 1.47 bits per heavy atom. The van der Waals surface area contributed by atoms with E-state index < -0.39 is 0 Å². The molecule has 1 aromatic carbocycles. The minimum absolute atomic E-state index is 0.234. The lowest BCUT2D eigenvalue weighted by Crippen LogP contribution is -2.21. The fraction of sp³-hybridized carbons (Fsp3) is 0.308. The van der Waals surface area contributed by atoms with E-state index in [9.17, 15) is 0 Å². The van der Waals surface area contributed by atoms with Crippen LogP contribution in [0.15, 0.2) is 41.1 Å². The van der Waals surface area contributed by atoms with Gasteiger partial charge >= 0.3 is 0 Å². The minimum atomic E-state index is 0.234. The molecule has 1 atom stereocenters. The standard InChI is InChI=1S/C13H16BrN3/c1-2-11(15)8-10-4-5-13(12(14)9-10)17-7-3-6-16-17/h3-7,9,11H,2,8,15H2,1H3. The van der Waals surface area contributed by atoms with Gasteiger partial charge in [0.15, 0.2) is 0 Å². The summed E-state index contributed by atoms with van der Waals surface area (Å²) in [5, 5.41) is 4.22. The average Bonchev–Trinajstić information content (AvgIpc) is 2.82. The van der Waals surface area contributed by atoms with Crippen LogP contribution in [0.4, 0.5) is 0 Å². The summed E-state index contributed by atoms with van der Waals surface area (Å²) < 4.78 is 2.88. The quantitative estimate of drug-likeness (QED) is 0.942. The van der Waals surface area contributed by atoms with Crippen molar-refractivity contribution in [3.05, 3.63) is 46.7 Å². The number of aromatic nitrogens is 2. The molecule has 0 spiro atoms. The maximum atomic E-state index is 5.95. The van der Waals surface area contributed by atoms with Crippen LogP contribution >= 0.6 is 15.9 Å². The Morgan fingerprint density at radius 3 is 2.88 bits per heavy atom. The van der Waals surface area contributed by atoms with Crippen molar-refractivity contribution in [3.63, 3.8) is 0 Å². The van der Waals surface area contributed by atoms with Gasteiger partial charge in [-0.15, -0.1) is 0 Å². The first-order valence-corrected chi connectivity index (χ1v) is 6.54. The van der Waals surface area contributed by atoms with E-state index in [1.54, 1.807) is 6.20 Å². The Morgan fingerprint density at radius 2 is 2.29 bits per heavy atom. The summed E-state index contributed by atoms with van der Waals surface area (Å²) >= 11 is 3.58. The fourth-order valence-electron chi connectivity index (χ4n) is 1.72. The summed E-state index contributed by atoms with van der Waals surface area (Å²) in [6.45, 7) is 2.11. The van der Waals surface area contributed by atoms with Crippen LogP contribution in [0.3, 0.4) is 0 Å².